The molecule has 0 saturated heterocycles. The first-order chi connectivity index (χ1) is 15.7. The summed E-state index contributed by atoms with van der Waals surface area (Å²) in [6.07, 6.45) is 6.03. The van der Waals surface area contributed by atoms with Crippen molar-refractivity contribution in [2.75, 3.05) is 21.3 Å². The lowest BCUT2D eigenvalue weighted by molar-refractivity contribution is 0.0596. The summed E-state index contributed by atoms with van der Waals surface area (Å²) in [6, 6.07) is 5.18. The highest BCUT2D eigenvalue weighted by Crippen LogP contribution is 2.41. The largest absolute Gasteiger partial charge is 0.495 e. The van der Waals surface area contributed by atoms with E-state index in [1.807, 2.05) is 13.0 Å². The van der Waals surface area contributed by atoms with Gasteiger partial charge in [-0.3, -0.25) is 0 Å². The minimum absolute atomic E-state index is 0.0465. The van der Waals surface area contributed by atoms with Gasteiger partial charge in [-0.2, -0.15) is 0 Å². The smallest absolute Gasteiger partial charge is 0.341 e. The topological polar surface area (TPSA) is 82.1 Å². The second-order valence-corrected chi connectivity index (χ2v) is 9.04. The Kier molecular flexibility index (Phi) is 9.98. The van der Waals surface area contributed by atoms with E-state index in [1.165, 1.54) is 21.3 Å². The molecule has 2 rings (SSSR count). The van der Waals surface area contributed by atoms with Crippen molar-refractivity contribution in [1.82, 2.24) is 0 Å². The number of halogens is 2. The van der Waals surface area contributed by atoms with Crippen molar-refractivity contribution in [3.8, 4) is 11.5 Å². The summed E-state index contributed by atoms with van der Waals surface area (Å²) in [5.41, 5.74) is 3.41. The molecule has 1 N–H and O–H groups in total. The number of carbonyl (C=O) groups excluding carboxylic acids is 1. The molecule has 0 aromatic heterocycles. The summed E-state index contributed by atoms with van der Waals surface area (Å²) in [4.78, 5) is 24.4. The Hall–Kier alpha value is -2.32. The Morgan fingerprint density at radius 2 is 1.64 bits per heavy atom. The number of carbonyl (C=O) groups is 2. The van der Waals surface area contributed by atoms with Crippen LogP contribution in [0.3, 0.4) is 0 Å². The van der Waals surface area contributed by atoms with Crippen molar-refractivity contribution in [1.29, 1.82) is 0 Å². The zero-order valence-electron chi connectivity index (χ0n) is 19.4. The van der Waals surface area contributed by atoms with Gasteiger partial charge in [0.2, 0.25) is 0 Å². The molecule has 0 atom stereocenters. The summed E-state index contributed by atoms with van der Waals surface area (Å²) in [6.45, 7) is 4.03. The normalized spacial score (nSPS) is 11.3. The van der Waals surface area contributed by atoms with Crippen molar-refractivity contribution in [2.45, 2.75) is 39.5 Å². The first-order valence-corrected chi connectivity index (χ1v) is 12.1. The molecule has 0 fully saturated rings. The zero-order valence-corrected chi connectivity index (χ0v) is 22.6. The van der Waals surface area contributed by atoms with Crippen LogP contribution in [0.25, 0.3) is 5.57 Å². The van der Waals surface area contributed by atoms with E-state index in [4.69, 9.17) is 14.2 Å². The van der Waals surface area contributed by atoms with Crippen LogP contribution in [-0.2, 0) is 4.74 Å². The predicted molar refractivity (Wildman–Crippen MR) is 136 cm³/mol. The average Bonchev–Trinajstić information content (AvgIpc) is 2.79. The molecule has 178 valence electrons. The standard InChI is InChI=1S/C25H28Br2O6/c1-6-7-8-9-10-16(15-11-19(25(30)33-5)22(31-3)20(26)12-15)17-13-18(24(28)29)23(32-4)21(27)14(17)2/h10-13H,6-9H2,1-5H3,(H,28,29). The fourth-order valence-corrected chi connectivity index (χ4v) is 4.82. The van der Waals surface area contributed by atoms with E-state index < -0.39 is 11.9 Å². The maximum atomic E-state index is 12.5. The Labute approximate surface area is 211 Å². The van der Waals surface area contributed by atoms with E-state index in [1.54, 1.807) is 12.1 Å². The van der Waals surface area contributed by atoms with Gasteiger partial charge in [-0.05, 0) is 92.1 Å². The number of benzene rings is 2. The number of carboxylic acids is 1. The highest BCUT2D eigenvalue weighted by Gasteiger charge is 2.24. The molecular weight excluding hydrogens is 556 g/mol. The lowest BCUT2D eigenvalue weighted by atomic mass is 9.90. The van der Waals surface area contributed by atoms with Crippen LogP contribution in [0.4, 0.5) is 0 Å². The Bertz CT molecular complexity index is 1080. The predicted octanol–water partition coefficient (Wildman–Crippen LogP) is 7.03. The van der Waals surface area contributed by atoms with E-state index in [0.29, 0.717) is 14.7 Å². The zero-order chi connectivity index (χ0) is 24.7. The van der Waals surface area contributed by atoms with Crippen LogP contribution in [0, 0.1) is 6.92 Å². The quantitative estimate of drug-likeness (QED) is 0.239. The summed E-state index contributed by atoms with van der Waals surface area (Å²) in [5.74, 6) is -0.987. The number of hydrogen-bond donors (Lipinski definition) is 1. The van der Waals surface area contributed by atoms with E-state index in [0.717, 1.165) is 47.9 Å². The molecule has 0 radical (unpaired) electrons. The molecule has 0 aliphatic carbocycles. The fraction of sp³-hybridized carbons (Fsp3) is 0.360. The lowest BCUT2D eigenvalue weighted by Gasteiger charge is -2.19. The minimum Gasteiger partial charge on any atom is -0.495 e. The molecule has 0 spiro atoms. The number of allylic oxidation sites excluding steroid dienone is 1. The van der Waals surface area contributed by atoms with Crippen LogP contribution in [0.1, 0.15) is 70.0 Å². The van der Waals surface area contributed by atoms with Gasteiger partial charge in [-0.1, -0.05) is 25.8 Å². The third-order valence-corrected chi connectivity index (χ3v) is 6.85. The molecule has 0 amide bonds. The molecule has 33 heavy (non-hydrogen) atoms. The maximum absolute atomic E-state index is 12.5. The highest BCUT2D eigenvalue weighted by molar-refractivity contribution is 9.11. The lowest BCUT2D eigenvalue weighted by Crippen LogP contribution is -2.07. The third kappa shape index (κ3) is 5.98. The van der Waals surface area contributed by atoms with Crippen LogP contribution >= 0.6 is 31.9 Å². The molecule has 0 aliphatic rings. The number of rotatable bonds is 10. The Morgan fingerprint density at radius 3 is 2.18 bits per heavy atom. The van der Waals surface area contributed by atoms with Crippen LogP contribution in [-0.4, -0.2) is 38.4 Å². The molecule has 8 heteroatoms. The second kappa shape index (κ2) is 12.2. The molecule has 0 saturated carbocycles. The Balaban J connectivity index is 2.84. The Morgan fingerprint density at radius 1 is 0.970 bits per heavy atom. The first kappa shape index (κ1) is 26.9. The molecule has 0 bridgehead atoms. The summed E-state index contributed by atoms with van der Waals surface area (Å²) < 4.78 is 16.9. The van der Waals surface area contributed by atoms with Crippen molar-refractivity contribution in [3.63, 3.8) is 0 Å². The summed E-state index contributed by atoms with van der Waals surface area (Å²) in [5, 5.41) is 9.79. The van der Waals surface area contributed by atoms with E-state index in [9.17, 15) is 14.7 Å². The SMILES string of the molecule is CCCCCC=C(c1cc(Br)c(OC)c(C(=O)OC)c1)c1cc(C(=O)O)c(OC)c(Br)c1C. The molecule has 0 heterocycles. The van der Waals surface area contributed by atoms with Crippen molar-refractivity contribution in [2.24, 2.45) is 0 Å². The van der Waals surface area contributed by atoms with Crippen LogP contribution in [0.2, 0.25) is 0 Å². The number of aromatic carboxylic acids is 1. The van der Waals surface area contributed by atoms with E-state index in [2.05, 4.69) is 44.9 Å². The molecule has 0 unspecified atom stereocenters. The van der Waals surface area contributed by atoms with Crippen LogP contribution in [0.15, 0.2) is 33.2 Å². The number of ether oxygens (including phenoxy) is 3. The third-order valence-electron chi connectivity index (χ3n) is 5.31. The number of unbranched alkanes of at least 4 members (excludes halogenated alkanes) is 3. The van der Waals surface area contributed by atoms with Gasteiger partial charge in [0.25, 0.3) is 0 Å². The van der Waals surface area contributed by atoms with Gasteiger partial charge in [-0.25, -0.2) is 9.59 Å². The van der Waals surface area contributed by atoms with Gasteiger partial charge in [-0.15, -0.1) is 0 Å². The number of carboxylic acid groups (broad SMARTS) is 1. The van der Waals surface area contributed by atoms with Gasteiger partial charge in [0.1, 0.15) is 22.6 Å². The van der Waals surface area contributed by atoms with Crippen LogP contribution in [0.5, 0.6) is 11.5 Å². The minimum atomic E-state index is -1.09. The van der Waals surface area contributed by atoms with Crippen LogP contribution < -0.4 is 9.47 Å². The molecule has 6 nitrogen and oxygen atoms in total. The van der Waals surface area contributed by atoms with E-state index >= 15 is 0 Å². The van der Waals surface area contributed by atoms with Gasteiger partial charge < -0.3 is 19.3 Å². The maximum Gasteiger partial charge on any atom is 0.341 e. The van der Waals surface area contributed by atoms with Crippen molar-refractivity contribution in [3.05, 3.63) is 61.0 Å². The number of esters is 1. The molecule has 2 aromatic carbocycles. The number of hydrogen-bond acceptors (Lipinski definition) is 5. The molecule has 0 aliphatic heterocycles. The van der Waals surface area contributed by atoms with Crippen molar-refractivity contribution >= 4 is 49.4 Å². The van der Waals surface area contributed by atoms with Gasteiger partial charge in [0, 0.05) is 0 Å². The van der Waals surface area contributed by atoms with E-state index in [-0.39, 0.29) is 16.9 Å². The second-order valence-electron chi connectivity index (χ2n) is 7.39. The highest BCUT2D eigenvalue weighted by atomic mass is 79.9. The van der Waals surface area contributed by atoms with Gasteiger partial charge in [0.15, 0.2) is 0 Å². The average molecular weight is 584 g/mol. The first-order valence-electron chi connectivity index (χ1n) is 10.5. The summed E-state index contributed by atoms with van der Waals surface area (Å²) in [7, 11) is 4.24. The monoisotopic (exact) mass is 582 g/mol. The van der Waals surface area contributed by atoms with Gasteiger partial charge in [0.05, 0.1) is 30.3 Å². The van der Waals surface area contributed by atoms with Crippen molar-refractivity contribution < 1.29 is 28.9 Å². The summed E-state index contributed by atoms with van der Waals surface area (Å²) >= 11 is 7.01. The van der Waals surface area contributed by atoms with Gasteiger partial charge >= 0.3 is 11.9 Å². The molecule has 2 aromatic rings. The number of methoxy groups -OCH3 is 3. The molecular formula is C25H28Br2O6. The fourth-order valence-electron chi connectivity index (χ4n) is 3.61.